The molecule has 0 aliphatic heterocycles. The summed E-state index contributed by atoms with van der Waals surface area (Å²) in [6.45, 7) is 4.73. The molecule has 0 rings (SSSR count). The first kappa shape index (κ1) is 11.7. The van der Waals surface area contributed by atoms with Crippen LogP contribution >= 0.6 is 0 Å². The summed E-state index contributed by atoms with van der Waals surface area (Å²) in [5, 5.41) is 16.8. The van der Waals surface area contributed by atoms with Crippen molar-refractivity contribution in [2.24, 2.45) is 0 Å². The van der Waals surface area contributed by atoms with E-state index in [2.05, 4.69) is 6.58 Å². The lowest BCUT2D eigenvalue weighted by Crippen LogP contribution is -2.30. The van der Waals surface area contributed by atoms with Crippen LogP contribution in [0.4, 0.5) is 0 Å². The van der Waals surface area contributed by atoms with Crippen LogP contribution in [0, 0.1) is 11.3 Å². The standard InChI is InChI=1S/C9H14N2O2/c1-2-6-11(8-9(12)13)7-4-3-5-10/h2H,1,3-4,6-8H2,(H,12,13). The highest BCUT2D eigenvalue weighted by Gasteiger charge is 2.06. The zero-order valence-electron chi connectivity index (χ0n) is 7.57. The fraction of sp³-hybridized carbons (Fsp3) is 0.556. The lowest BCUT2D eigenvalue weighted by Gasteiger charge is -2.16. The minimum absolute atomic E-state index is 0.0114. The van der Waals surface area contributed by atoms with Crippen molar-refractivity contribution in [3.63, 3.8) is 0 Å². The third-order valence-electron chi connectivity index (χ3n) is 1.51. The number of aliphatic carboxylic acids is 1. The van der Waals surface area contributed by atoms with Crippen LogP contribution in [0.3, 0.4) is 0 Å². The molecule has 0 unspecified atom stereocenters. The number of carbonyl (C=O) groups is 1. The molecular formula is C9H14N2O2. The molecule has 0 saturated heterocycles. The molecule has 0 radical (unpaired) electrons. The second kappa shape index (κ2) is 7.32. The molecule has 0 fully saturated rings. The van der Waals surface area contributed by atoms with Gasteiger partial charge in [0.2, 0.25) is 0 Å². The molecule has 0 saturated carbocycles. The highest BCUT2D eigenvalue weighted by Crippen LogP contribution is 1.94. The van der Waals surface area contributed by atoms with E-state index in [0.29, 0.717) is 25.9 Å². The summed E-state index contributed by atoms with van der Waals surface area (Å²) in [7, 11) is 0. The van der Waals surface area contributed by atoms with Gasteiger partial charge in [0.05, 0.1) is 12.6 Å². The van der Waals surface area contributed by atoms with Crippen molar-refractivity contribution in [3.8, 4) is 6.07 Å². The minimum Gasteiger partial charge on any atom is -0.480 e. The molecule has 72 valence electrons. The predicted octanol–water partition coefficient (Wildman–Crippen LogP) is 0.863. The van der Waals surface area contributed by atoms with Gasteiger partial charge >= 0.3 is 5.97 Å². The lowest BCUT2D eigenvalue weighted by atomic mass is 10.3. The van der Waals surface area contributed by atoms with Crippen LogP contribution in [-0.2, 0) is 4.79 Å². The van der Waals surface area contributed by atoms with Gasteiger partial charge in [0.15, 0.2) is 0 Å². The van der Waals surface area contributed by atoms with Crippen molar-refractivity contribution in [2.45, 2.75) is 12.8 Å². The average Bonchev–Trinajstić information content (AvgIpc) is 2.04. The van der Waals surface area contributed by atoms with E-state index < -0.39 is 5.97 Å². The number of rotatable bonds is 7. The van der Waals surface area contributed by atoms with Crippen LogP contribution in [0.15, 0.2) is 12.7 Å². The fourth-order valence-electron chi connectivity index (χ4n) is 0.990. The summed E-state index contributed by atoms with van der Waals surface area (Å²) in [6.07, 6.45) is 2.83. The van der Waals surface area contributed by atoms with Crippen molar-refractivity contribution < 1.29 is 9.90 Å². The molecule has 13 heavy (non-hydrogen) atoms. The maximum absolute atomic E-state index is 10.4. The first-order valence-corrected chi connectivity index (χ1v) is 4.12. The van der Waals surface area contributed by atoms with Crippen LogP contribution in [0.2, 0.25) is 0 Å². The van der Waals surface area contributed by atoms with E-state index >= 15 is 0 Å². The van der Waals surface area contributed by atoms with Crippen molar-refractivity contribution in [1.29, 1.82) is 5.26 Å². The van der Waals surface area contributed by atoms with Crippen molar-refractivity contribution in [1.82, 2.24) is 4.90 Å². The number of hydrogen-bond donors (Lipinski definition) is 1. The highest BCUT2D eigenvalue weighted by atomic mass is 16.4. The molecule has 0 amide bonds. The van der Waals surface area contributed by atoms with Gasteiger partial charge < -0.3 is 5.11 Å². The summed E-state index contributed by atoms with van der Waals surface area (Å²) in [5.41, 5.74) is 0. The molecule has 0 aromatic heterocycles. The SMILES string of the molecule is C=CCN(CCCC#N)CC(=O)O. The Hall–Kier alpha value is -1.34. The second-order valence-electron chi connectivity index (χ2n) is 2.68. The molecular weight excluding hydrogens is 168 g/mol. The van der Waals surface area contributed by atoms with Gasteiger partial charge in [-0.15, -0.1) is 6.58 Å². The van der Waals surface area contributed by atoms with E-state index in [0.717, 1.165) is 0 Å². The summed E-state index contributed by atoms with van der Waals surface area (Å²) in [4.78, 5) is 12.1. The Labute approximate surface area is 78.1 Å². The van der Waals surface area contributed by atoms with Gasteiger partial charge in [0, 0.05) is 19.5 Å². The van der Waals surface area contributed by atoms with Crippen molar-refractivity contribution in [3.05, 3.63) is 12.7 Å². The van der Waals surface area contributed by atoms with E-state index in [9.17, 15) is 4.79 Å². The number of carboxylic acid groups (broad SMARTS) is 1. The van der Waals surface area contributed by atoms with Crippen LogP contribution in [0.25, 0.3) is 0 Å². The molecule has 0 heterocycles. The number of nitriles is 1. The summed E-state index contributed by atoms with van der Waals surface area (Å²) >= 11 is 0. The Morgan fingerprint density at radius 2 is 2.38 bits per heavy atom. The van der Waals surface area contributed by atoms with Gasteiger partial charge in [0.1, 0.15) is 0 Å². The fourth-order valence-corrected chi connectivity index (χ4v) is 0.990. The van der Waals surface area contributed by atoms with Gasteiger partial charge in [-0.25, -0.2) is 0 Å². The van der Waals surface area contributed by atoms with Crippen LogP contribution < -0.4 is 0 Å². The molecule has 1 N–H and O–H groups in total. The molecule has 0 bridgehead atoms. The molecule has 0 aromatic rings. The molecule has 4 heteroatoms. The first-order chi connectivity index (χ1) is 6.20. The van der Waals surface area contributed by atoms with Gasteiger partial charge in [0.25, 0.3) is 0 Å². The van der Waals surface area contributed by atoms with E-state index in [4.69, 9.17) is 10.4 Å². The van der Waals surface area contributed by atoms with Crippen molar-refractivity contribution in [2.75, 3.05) is 19.6 Å². The van der Waals surface area contributed by atoms with Gasteiger partial charge in [-0.05, 0) is 6.42 Å². The zero-order chi connectivity index (χ0) is 10.1. The number of nitrogens with zero attached hydrogens (tertiary/aromatic N) is 2. The highest BCUT2D eigenvalue weighted by molar-refractivity contribution is 5.69. The molecule has 0 aliphatic carbocycles. The number of carboxylic acids is 1. The Kier molecular flexibility index (Phi) is 6.56. The third kappa shape index (κ3) is 7.04. The number of unbranched alkanes of at least 4 members (excludes halogenated alkanes) is 1. The monoisotopic (exact) mass is 182 g/mol. The van der Waals surface area contributed by atoms with Crippen LogP contribution in [0.1, 0.15) is 12.8 Å². The minimum atomic E-state index is -0.848. The quantitative estimate of drug-likeness (QED) is 0.468. The normalized spacial score (nSPS) is 9.54. The zero-order valence-corrected chi connectivity index (χ0v) is 7.57. The van der Waals surface area contributed by atoms with E-state index in [1.165, 1.54) is 0 Å². The van der Waals surface area contributed by atoms with Gasteiger partial charge in [-0.1, -0.05) is 6.08 Å². The largest absolute Gasteiger partial charge is 0.480 e. The average molecular weight is 182 g/mol. The molecule has 0 spiro atoms. The summed E-state index contributed by atoms with van der Waals surface area (Å²) < 4.78 is 0. The molecule has 4 nitrogen and oxygen atoms in total. The van der Waals surface area contributed by atoms with Crippen molar-refractivity contribution >= 4 is 5.97 Å². The van der Waals surface area contributed by atoms with Gasteiger partial charge in [-0.3, -0.25) is 9.69 Å². The van der Waals surface area contributed by atoms with Crippen LogP contribution in [0.5, 0.6) is 0 Å². The Morgan fingerprint density at radius 3 is 2.85 bits per heavy atom. The van der Waals surface area contributed by atoms with Crippen LogP contribution in [-0.4, -0.2) is 35.6 Å². The maximum Gasteiger partial charge on any atom is 0.317 e. The molecule has 0 aliphatic rings. The molecule has 0 atom stereocenters. The Bertz CT molecular complexity index is 208. The maximum atomic E-state index is 10.4. The molecule has 0 aromatic carbocycles. The lowest BCUT2D eigenvalue weighted by molar-refractivity contribution is -0.138. The van der Waals surface area contributed by atoms with E-state index in [1.807, 2.05) is 6.07 Å². The van der Waals surface area contributed by atoms with E-state index in [-0.39, 0.29) is 6.54 Å². The summed E-state index contributed by atoms with van der Waals surface area (Å²) in [6, 6.07) is 2.02. The number of hydrogen-bond acceptors (Lipinski definition) is 3. The van der Waals surface area contributed by atoms with E-state index in [1.54, 1.807) is 11.0 Å². The smallest absolute Gasteiger partial charge is 0.317 e. The Balaban J connectivity index is 3.73. The Morgan fingerprint density at radius 1 is 1.69 bits per heavy atom. The first-order valence-electron chi connectivity index (χ1n) is 4.12. The summed E-state index contributed by atoms with van der Waals surface area (Å²) in [5.74, 6) is -0.848. The second-order valence-corrected chi connectivity index (χ2v) is 2.68. The topological polar surface area (TPSA) is 64.3 Å². The predicted molar refractivity (Wildman–Crippen MR) is 49.1 cm³/mol. The van der Waals surface area contributed by atoms with Gasteiger partial charge in [-0.2, -0.15) is 5.26 Å². The third-order valence-corrected chi connectivity index (χ3v) is 1.51.